The Bertz CT molecular complexity index is 550. The number of rotatable bonds is 1. The van der Waals surface area contributed by atoms with Crippen LogP contribution in [0.15, 0.2) is 11.6 Å². The maximum absolute atomic E-state index is 12.2. The Balaban J connectivity index is 1.66. The van der Waals surface area contributed by atoms with E-state index in [1.165, 1.54) is 25.7 Å². The van der Waals surface area contributed by atoms with E-state index in [4.69, 9.17) is 0 Å². The van der Waals surface area contributed by atoms with Crippen molar-refractivity contribution in [1.82, 2.24) is 0 Å². The predicted octanol–water partition coefficient (Wildman–Crippen LogP) is 4.52. The van der Waals surface area contributed by atoms with Crippen LogP contribution in [-0.2, 0) is 4.79 Å². The van der Waals surface area contributed by atoms with Gasteiger partial charge in [-0.2, -0.15) is 0 Å². The van der Waals surface area contributed by atoms with Crippen molar-refractivity contribution < 1.29 is 9.90 Å². The minimum absolute atomic E-state index is 0.117. The zero-order chi connectivity index (χ0) is 16.4. The van der Waals surface area contributed by atoms with E-state index in [2.05, 4.69) is 19.9 Å². The van der Waals surface area contributed by atoms with E-state index < -0.39 is 0 Å². The van der Waals surface area contributed by atoms with Crippen LogP contribution < -0.4 is 0 Å². The zero-order valence-corrected chi connectivity index (χ0v) is 15.0. The van der Waals surface area contributed by atoms with Crippen LogP contribution in [0.1, 0.15) is 72.1 Å². The van der Waals surface area contributed by atoms with Crippen molar-refractivity contribution in [2.75, 3.05) is 0 Å². The van der Waals surface area contributed by atoms with Crippen LogP contribution in [0.4, 0.5) is 0 Å². The Labute approximate surface area is 140 Å². The summed E-state index contributed by atoms with van der Waals surface area (Å²) in [6, 6.07) is 0. The topological polar surface area (TPSA) is 37.3 Å². The minimum Gasteiger partial charge on any atom is -0.393 e. The summed E-state index contributed by atoms with van der Waals surface area (Å²) in [4.78, 5) is 12.2. The van der Waals surface area contributed by atoms with Gasteiger partial charge in [-0.15, -0.1) is 0 Å². The molecule has 4 aliphatic carbocycles. The number of aliphatic hydroxyl groups is 1. The number of hydrogen-bond donors (Lipinski definition) is 1. The second-order valence-electron chi connectivity index (χ2n) is 9.44. The second-order valence-corrected chi connectivity index (χ2v) is 9.44. The van der Waals surface area contributed by atoms with Crippen LogP contribution in [-0.4, -0.2) is 17.0 Å². The smallest absolute Gasteiger partial charge is 0.133 e. The maximum Gasteiger partial charge on any atom is 0.133 e. The van der Waals surface area contributed by atoms with E-state index in [1.54, 1.807) is 5.57 Å². The van der Waals surface area contributed by atoms with Gasteiger partial charge in [-0.05, 0) is 86.9 Å². The monoisotopic (exact) mass is 316 g/mol. The molecule has 2 nitrogen and oxygen atoms in total. The lowest BCUT2D eigenvalue weighted by Gasteiger charge is -2.57. The first-order valence-corrected chi connectivity index (χ1v) is 9.74. The van der Waals surface area contributed by atoms with E-state index in [9.17, 15) is 9.90 Å². The number of carbonyl (C=O) groups is 1. The van der Waals surface area contributed by atoms with Gasteiger partial charge in [0.1, 0.15) is 5.78 Å². The third-order valence-corrected chi connectivity index (χ3v) is 8.57. The first-order valence-electron chi connectivity index (χ1n) is 9.74. The number of allylic oxidation sites excluding steroid dienone is 1. The fourth-order valence-electron chi connectivity index (χ4n) is 7.31. The van der Waals surface area contributed by atoms with Crippen molar-refractivity contribution in [2.24, 2.45) is 34.5 Å². The molecule has 0 saturated heterocycles. The molecule has 2 heteroatoms. The van der Waals surface area contributed by atoms with Gasteiger partial charge < -0.3 is 5.11 Å². The zero-order valence-electron chi connectivity index (χ0n) is 15.0. The third-order valence-electron chi connectivity index (χ3n) is 8.57. The lowest BCUT2D eigenvalue weighted by atomic mass is 9.47. The lowest BCUT2D eigenvalue weighted by Crippen LogP contribution is -2.50. The molecule has 4 rings (SSSR count). The van der Waals surface area contributed by atoms with Crippen LogP contribution in [0.3, 0.4) is 0 Å². The highest BCUT2D eigenvalue weighted by atomic mass is 16.3. The number of aliphatic hydroxyl groups excluding tert-OH is 1. The molecule has 0 heterocycles. The fourth-order valence-corrected chi connectivity index (χ4v) is 7.31. The molecule has 0 aliphatic heterocycles. The Morgan fingerprint density at radius 1 is 1.13 bits per heavy atom. The van der Waals surface area contributed by atoms with E-state index in [1.807, 2.05) is 6.92 Å². The summed E-state index contributed by atoms with van der Waals surface area (Å²) in [5.41, 5.74) is 2.11. The largest absolute Gasteiger partial charge is 0.393 e. The van der Waals surface area contributed by atoms with Gasteiger partial charge in [-0.3, -0.25) is 4.79 Å². The highest BCUT2D eigenvalue weighted by Gasteiger charge is 2.59. The number of fused-ring (bicyclic) bond motifs is 5. The third kappa shape index (κ3) is 2.13. The van der Waals surface area contributed by atoms with Crippen molar-refractivity contribution in [3.8, 4) is 0 Å². The Kier molecular flexibility index (Phi) is 3.58. The summed E-state index contributed by atoms with van der Waals surface area (Å²) in [6.07, 6.45) is 11.5. The van der Waals surface area contributed by atoms with Gasteiger partial charge in [-0.25, -0.2) is 0 Å². The molecule has 1 N–H and O–H groups in total. The minimum atomic E-state index is -0.117. The highest BCUT2D eigenvalue weighted by Crippen LogP contribution is 2.66. The average molecular weight is 316 g/mol. The van der Waals surface area contributed by atoms with Crippen LogP contribution in [0.25, 0.3) is 0 Å². The van der Waals surface area contributed by atoms with Gasteiger partial charge >= 0.3 is 0 Å². The van der Waals surface area contributed by atoms with Crippen LogP contribution in [0.5, 0.6) is 0 Å². The Hall–Kier alpha value is -0.630. The van der Waals surface area contributed by atoms with E-state index >= 15 is 0 Å². The lowest BCUT2D eigenvalue weighted by molar-refractivity contribution is -0.127. The van der Waals surface area contributed by atoms with Crippen molar-refractivity contribution >= 4 is 5.78 Å². The molecule has 23 heavy (non-hydrogen) atoms. The van der Waals surface area contributed by atoms with Crippen LogP contribution >= 0.6 is 0 Å². The maximum atomic E-state index is 12.2. The second kappa shape index (κ2) is 5.18. The molecule has 0 bridgehead atoms. The van der Waals surface area contributed by atoms with E-state index in [-0.39, 0.29) is 11.5 Å². The molecule has 0 spiro atoms. The van der Waals surface area contributed by atoms with Crippen LogP contribution in [0.2, 0.25) is 0 Å². The Morgan fingerprint density at radius 3 is 2.65 bits per heavy atom. The molecule has 128 valence electrons. The van der Waals surface area contributed by atoms with Crippen molar-refractivity contribution in [1.29, 1.82) is 0 Å². The number of hydrogen-bond acceptors (Lipinski definition) is 2. The van der Waals surface area contributed by atoms with E-state index in [0.29, 0.717) is 17.1 Å². The molecule has 0 amide bonds. The van der Waals surface area contributed by atoms with Crippen molar-refractivity contribution in [3.05, 3.63) is 11.6 Å². The molecule has 3 fully saturated rings. The molecule has 0 aromatic rings. The fraction of sp³-hybridized carbons (Fsp3) is 0.857. The summed E-state index contributed by atoms with van der Waals surface area (Å²) in [7, 11) is 0. The van der Waals surface area contributed by atoms with Gasteiger partial charge in [0.25, 0.3) is 0 Å². The molecule has 0 aromatic heterocycles. The van der Waals surface area contributed by atoms with Crippen molar-refractivity contribution in [3.63, 3.8) is 0 Å². The van der Waals surface area contributed by atoms with Gasteiger partial charge in [0.15, 0.2) is 0 Å². The van der Waals surface area contributed by atoms with Gasteiger partial charge in [0.05, 0.1) is 6.10 Å². The van der Waals surface area contributed by atoms with Gasteiger partial charge in [-0.1, -0.05) is 25.5 Å². The Morgan fingerprint density at radius 2 is 1.91 bits per heavy atom. The molecular weight excluding hydrogens is 284 g/mol. The highest BCUT2D eigenvalue weighted by molar-refractivity contribution is 5.79. The average Bonchev–Trinajstić information content (AvgIpc) is 2.85. The van der Waals surface area contributed by atoms with E-state index in [0.717, 1.165) is 43.4 Å². The molecule has 7 atom stereocenters. The molecule has 0 radical (unpaired) electrons. The SMILES string of the molecule is CC(=O)[C@H]1CC[C@H]2[C@@H]3CC=C4C[C@@H](O)CC[C@]4(C)[C@@H]3CC[C@]12C. The molecule has 0 aromatic carbocycles. The normalized spacial score (nSPS) is 52.2. The summed E-state index contributed by atoms with van der Waals surface area (Å²) >= 11 is 0. The first kappa shape index (κ1) is 15.9. The van der Waals surface area contributed by atoms with Crippen LogP contribution in [0, 0.1) is 34.5 Å². The summed E-state index contributed by atoms with van der Waals surface area (Å²) in [5, 5.41) is 10.1. The molecule has 3 saturated carbocycles. The molecule has 0 unspecified atom stereocenters. The van der Waals surface area contributed by atoms with Gasteiger partial charge in [0, 0.05) is 5.92 Å². The summed E-state index contributed by atoms with van der Waals surface area (Å²) < 4.78 is 0. The molecule has 4 aliphatic rings. The quantitative estimate of drug-likeness (QED) is 0.722. The number of carbonyl (C=O) groups excluding carboxylic acids is 1. The first-order chi connectivity index (χ1) is 10.9. The predicted molar refractivity (Wildman–Crippen MR) is 91.9 cm³/mol. The molecular formula is C21H32O2. The van der Waals surface area contributed by atoms with Crippen molar-refractivity contribution in [2.45, 2.75) is 78.2 Å². The number of Topliss-reactive ketones (excluding diaryl/α,β-unsaturated/α-hetero) is 1. The number of ketones is 1. The standard InChI is InChI=1S/C21H32O2/c1-13(22)17-6-7-18-16-5-4-14-12-15(23)8-10-20(14,2)19(16)9-11-21(17,18)3/h4,15-19,23H,5-12H2,1-3H3/t15-,16-,17+,18-,19+,20-,21+/m0/s1. The summed E-state index contributed by atoms with van der Waals surface area (Å²) in [5.74, 6) is 3.00. The summed E-state index contributed by atoms with van der Waals surface area (Å²) in [6.45, 7) is 6.70. The van der Waals surface area contributed by atoms with Gasteiger partial charge in [0.2, 0.25) is 0 Å².